The summed E-state index contributed by atoms with van der Waals surface area (Å²) in [6.07, 6.45) is 0.193. The van der Waals surface area contributed by atoms with Gasteiger partial charge in [-0.25, -0.2) is 0 Å². The van der Waals surface area contributed by atoms with Crippen molar-refractivity contribution in [1.29, 1.82) is 0 Å². The van der Waals surface area contributed by atoms with Gasteiger partial charge in [0.1, 0.15) is 6.17 Å². The van der Waals surface area contributed by atoms with Crippen molar-refractivity contribution >= 4 is 0 Å². The lowest BCUT2D eigenvalue weighted by atomic mass is 10.0. The minimum Gasteiger partial charge on any atom is -0.368 e. The van der Waals surface area contributed by atoms with E-state index in [9.17, 15) is 0 Å². The van der Waals surface area contributed by atoms with E-state index in [0.717, 1.165) is 5.70 Å². The van der Waals surface area contributed by atoms with Gasteiger partial charge in [-0.3, -0.25) is 5.32 Å². The van der Waals surface area contributed by atoms with E-state index in [4.69, 9.17) is 0 Å². The summed E-state index contributed by atoms with van der Waals surface area (Å²) in [5.41, 5.74) is 2.27. The third-order valence-electron chi connectivity index (χ3n) is 2.71. The van der Waals surface area contributed by atoms with Crippen molar-refractivity contribution in [3.63, 3.8) is 0 Å². The zero-order valence-electron chi connectivity index (χ0n) is 8.67. The van der Waals surface area contributed by atoms with E-state index >= 15 is 0 Å². The van der Waals surface area contributed by atoms with Crippen LogP contribution in [0, 0.1) is 0 Å². The van der Waals surface area contributed by atoms with Crippen LogP contribution in [0.3, 0.4) is 0 Å². The summed E-state index contributed by atoms with van der Waals surface area (Å²) in [4.78, 5) is 0. The summed E-state index contributed by atoms with van der Waals surface area (Å²) in [6.45, 7) is 8.27. The smallest absolute Gasteiger partial charge is 0.104 e. The molecule has 1 saturated heterocycles. The second-order valence-corrected chi connectivity index (χ2v) is 4.24. The Morgan fingerprint density at radius 3 is 2.36 bits per heavy atom. The highest BCUT2D eigenvalue weighted by Gasteiger charge is 2.33. The molecule has 1 aliphatic rings. The number of hydrogen-bond acceptors (Lipinski definition) is 2. The highest BCUT2D eigenvalue weighted by atomic mass is 15.3. The highest BCUT2D eigenvalue weighted by Crippen LogP contribution is 2.26. The molecular weight excluding hydrogens is 172 g/mol. The predicted molar refractivity (Wildman–Crippen MR) is 58.7 cm³/mol. The Morgan fingerprint density at radius 2 is 1.86 bits per heavy atom. The van der Waals surface area contributed by atoms with E-state index in [-0.39, 0.29) is 11.7 Å². The van der Waals surface area contributed by atoms with E-state index in [1.807, 2.05) is 18.2 Å². The first-order chi connectivity index (χ1) is 6.59. The fourth-order valence-corrected chi connectivity index (χ4v) is 1.65. The molecule has 0 saturated carbocycles. The average molecular weight is 188 g/mol. The summed E-state index contributed by atoms with van der Waals surface area (Å²) in [5, 5.41) is 6.84. The minimum atomic E-state index is -0.0273. The zero-order valence-corrected chi connectivity index (χ0v) is 8.67. The number of hydrogen-bond donors (Lipinski definition) is 2. The van der Waals surface area contributed by atoms with Crippen molar-refractivity contribution in [1.82, 2.24) is 10.6 Å². The maximum atomic E-state index is 4.01. The van der Waals surface area contributed by atoms with Crippen LogP contribution in [0.1, 0.15) is 25.6 Å². The molecule has 1 aromatic rings. The summed E-state index contributed by atoms with van der Waals surface area (Å²) in [6, 6.07) is 10.3. The molecule has 74 valence electrons. The third-order valence-corrected chi connectivity index (χ3v) is 2.71. The van der Waals surface area contributed by atoms with E-state index in [2.05, 4.69) is 43.2 Å². The van der Waals surface area contributed by atoms with Crippen molar-refractivity contribution in [3.05, 3.63) is 48.2 Å². The topological polar surface area (TPSA) is 24.1 Å². The van der Waals surface area contributed by atoms with Crippen LogP contribution < -0.4 is 10.6 Å². The molecule has 0 aliphatic carbocycles. The molecular formula is C12H16N2. The van der Waals surface area contributed by atoms with Gasteiger partial charge in [-0.1, -0.05) is 36.9 Å². The average Bonchev–Trinajstić information content (AvgIpc) is 2.43. The molecule has 1 aromatic carbocycles. The van der Waals surface area contributed by atoms with Crippen molar-refractivity contribution < 1.29 is 0 Å². The highest BCUT2D eigenvalue weighted by molar-refractivity contribution is 5.27. The third kappa shape index (κ3) is 1.53. The second-order valence-electron chi connectivity index (χ2n) is 4.24. The van der Waals surface area contributed by atoms with Crippen LogP contribution in [0.25, 0.3) is 0 Å². The van der Waals surface area contributed by atoms with E-state index in [0.29, 0.717) is 0 Å². The molecule has 2 heteroatoms. The van der Waals surface area contributed by atoms with E-state index < -0.39 is 0 Å². The molecule has 1 unspecified atom stereocenters. The van der Waals surface area contributed by atoms with Crippen molar-refractivity contribution in [2.45, 2.75) is 25.6 Å². The lowest BCUT2D eigenvalue weighted by Crippen LogP contribution is -2.34. The Labute approximate surface area is 85.0 Å². The van der Waals surface area contributed by atoms with Crippen molar-refractivity contribution in [3.8, 4) is 0 Å². The fourth-order valence-electron chi connectivity index (χ4n) is 1.65. The Morgan fingerprint density at radius 1 is 1.21 bits per heavy atom. The maximum Gasteiger partial charge on any atom is 0.104 e. The van der Waals surface area contributed by atoms with Crippen LogP contribution in [-0.2, 0) is 0 Å². The molecule has 2 rings (SSSR count). The van der Waals surface area contributed by atoms with Crippen LogP contribution >= 0.6 is 0 Å². The fraction of sp³-hybridized carbons (Fsp3) is 0.333. The minimum absolute atomic E-state index is 0.0273. The Hall–Kier alpha value is -1.28. The van der Waals surface area contributed by atoms with Crippen molar-refractivity contribution in [2.24, 2.45) is 0 Å². The van der Waals surface area contributed by atoms with Gasteiger partial charge < -0.3 is 5.32 Å². The molecule has 0 amide bonds. The van der Waals surface area contributed by atoms with Crippen LogP contribution in [0.2, 0.25) is 0 Å². The Kier molecular flexibility index (Phi) is 2.08. The molecule has 0 bridgehead atoms. The lowest BCUT2D eigenvalue weighted by molar-refractivity contribution is 0.464. The lowest BCUT2D eigenvalue weighted by Gasteiger charge is -2.18. The molecule has 1 fully saturated rings. The number of nitrogens with one attached hydrogen (secondary N) is 2. The number of benzene rings is 1. The first-order valence-corrected chi connectivity index (χ1v) is 4.88. The molecule has 0 radical (unpaired) electrons. The molecule has 14 heavy (non-hydrogen) atoms. The van der Waals surface area contributed by atoms with Crippen LogP contribution in [0.5, 0.6) is 0 Å². The summed E-state index contributed by atoms with van der Waals surface area (Å²) >= 11 is 0. The summed E-state index contributed by atoms with van der Waals surface area (Å²) in [7, 11) is 0. The standard InChI is InChI=1S/C12H16N2/c1-9-12(2,3)14-11(13-9)10-7-5-4-6-8-10/h4-8,11,13-14H,1H2,2-3H3. The molecule has 2 nitrogen and oxygen atoms in total. The Bertz CT molecular complexity index is 341. The van der Waals surface area contributed by atoms with Gasteiger partial charge in [0.2, 0.25) is 0 Å². The summed E-state index contributed by atoms with van der Waals surface area (Å²) in [5.74, 6) is 0. The van der Waals surface area contributed by atoms with Gasteiger partial charge in [0.25, 0.3) is 0 Å². The van der Waals surface area contributed by atoms with Gasteiger partial charge in [-0.05, 0) is 19.4 Å². The predicted octanol–water partition coefficient (Wildman–Crippen LogP) is 2.17. The van der Waals surface area contributed by atoms with Gasteiger partial charge in [0, 0.05) is 5.70 Å². The Balaban J connectivity index is 2.21. The van der Waals surface area contributed by atoms with Gasteiger partial charge in [-0.15, -0.1) is 0 Å². The first-order valence-electron chi connectivity index (χ1n) is 4.88. The van der Waals surface area contributed by atoms with Crippen LogP contribution in [0.15, 0.2) is 42.6 Å². The van der Waals surface area contributed by atoms with Crippen LogP contribution in [0.4, 0.5) is 0 Å². The monoisotopic (exact) mass is 188 g/mol. The molecule has 1 heterocycles. The molecule has 1 atom stereocenters. The summed E-state index contributed by atoms with van der Waals surface area (Å²) < 4.78 is 0. The van der Waals surface area contributed by atoms with Crippen LogP contribution in [-0.4, -0.2) is 5.54 Å². The van der Waals surface area contributed by atoms with Crippen molar-refractivity contribution in [2.75, 3.05) is 0 Å². The van der Waals surface area contributed by atoms with E-state index in [1.165, 1.54) is 5.56 Å². The maximum absolute atomic E-state index is 4.01. The quantitative estimate of drug-likeness (QED) is 0.705. The molecule has 1 aliphatic heterocycles. The van der Waals surface area contributed by atoms with Gasteiger partial charge >= 0.3 is 0 Å². The van der Waals surface area contributed by atoms with Gasteiger partial charge in [-0.2, -0.15) is 0 Å². The normalized spacial score (nSPS) is 24.7. The molecule has 0 spiro atoms. The number of rotatable bonds is 1. The van der Waals surface area contributed by atoms with Gasteiger partial charge in [0.15, 0.2) is 0 Å². The largest absolute Gasteiger partial charge is 0.368 e. The van der Waals surface area contributed by atoms with Gasteiger partial charge in [0.05, 0.1) is 5.54 Å². The SMILES string of the molecule is C=C1NC(c2ccccc2)NC1(C)C. The zero-order chi connectivity index (χ0) is 10.2. The molecule has 0 aromatic heterocycles. The first kappa shape index (κ1) is 9.28. The second kappa shape index (κ2) is 3.14. The molecule has 2 N–H and O–H groups in total. The van der Waals surface area contributed by atoms with E-state index in [1.54, 1.807) is 0 Å².